The quantitative estimate of drug-likeness (QED) is 0.584. The predicted octanol–water partition coefficient (Wildman–Crippen LogP) is 1.09. The summed E-state index contributed by atoms with van der Waals surface area (Å²) < 4.78 is 15.8. The predicted molar refractivity (Wildman–Crippen MR) is 102 cm³/mol. The van der Waals surface area contributed by atoms with Gasteiger partial charge in [0, 0.05) is 35.8 Å². The molecule has 2 rings (SSSR count). The van der Waals surface area contributed by atoms with E-state index in [4.69, 9.17) is 29.5 Å². The third kappa shape index (κ3) is 6.19. The van der Waals surface area contributed by atoms with Gasteiger partial charge in [-0.25, -0.2) is 0 Å². The fourth-order valence-electron chi connectivity index (χ4n) is 2.73. The van der Waals surface area contributed by atoms with Crippen molar-refractivity contribution in [2.24, 2.45) is 5.41 Å². The van der Waals surface area contributed by atoms with Gasteiger partial charge in [0.15, 0.2) is 11.5 Å². The van der Waals surface area contributed by atoms with Gasteiger partial charge in [0.2, 0.25) is 0 Å². The second-order valence-corrected chi connectivity index (χ2v) is 7.09. The van der Waals surface area contributed by atoms with Crippen molar-refractivity contribution in [2.45, 2.75) is 32.1 Å². The fraction of sp³-hybridized carbons (Fsp3) is 0.600. The lowest BCUT2D eigenvalue weighted by Gasteiger charge is -2.23. The van der Waals surface area contributed by atoms with Gasteiger partial charge < -0.3 is 29.5 Å². The Labute approximate surface area is 165 Å². The Balaban J connectivity index is 0.000000416. The van der Waals surface area contributed by atoms with Crippen LogP contribution in [0.4, 0.5) is 0 Å². The molecule has 158 valence electrons. The van der Waals surface area contributed by atoms with Crippen molar-refractivity contribution >= 4 is 11.6 Å². The summed E-state index contributed by atoms with van der Waals surface area (Å²) in [5.74, 6) is 1.52. The SMILES string of the molecule is CC(CO)(CO)CO.COc1cc(OC)c(C2CC(=O)CC(=O)C2)cc1OC. The van der Waals surface area contributed by atoms with Crippen LogP contribution in [-0.4, -0.2) is 68.0 Å². The van der Waals surface area contributed by atoms with E-state index in [2.05, 4.69) is 0 Å². The number of aliphatic hydroxyl groups is 3. The van der Waals surface area contributed by atoms with Gasteiger partial charge >= 0.3 is 0 Å². The number of methoxy groups -OCH3 is 3. The highest BCUT2D eigenvalue weighted by atomic mass is 16.5. The molecule has 0 aromatic heterocycles. The number of hydrogen-bond donors (Lipinski definition) is 3. The molecule has 1 fully saturated rings. The molecule has 1 aliphatic rings. The van der Waals surface area contributed by atoms with E-state index in [0.29, 0.717) is 30.1 Å². The maximum atomic E-state index is 11.6. The van der Waals surface area contributed by atoms with Crippen LogP contribution < -0.4 is 14.2 Å². The Morgan fingerprint density at radius 1 is 0.857 bits per heavy atom. The molecule has 8 heteroatoms. The average molecular weight is 398 g/mol. The first-order valence-electron chi connectivity index (χ1n) is 8.93. The van der Waals surface area contributed by atoms with Crippen molar-refractivity contribution in [1.29, 1.82) is 0 Å². The Kier molecular flexibility index (Phi) is 9.37. The minimum Gasteiger partial charge on any atom is -0.496 e. The summed E-state index contributed by atoms with van der Waals surface area (Å²) in [6.07, 6.45) is 0.765. The molecular formula is C20H30O8. The van der Waals surface area contributed by atoms with Gasteiger partial charge in [0.1, 0.15) is 17.3 Å². The molecule has 0 aliphatic heterocycles. The van der Waals surface area contributed by atoms with Crippen LogP contribution in [0.25, 0.3) is 0 Å². The van der Waals surface area contributed by atoms with Crippen molar-refractivity contribution in [1.82, 2.24) is 0 Å². The van der Waals surface area contributed by atoms with Crippen LogP contribution in [0.3, 0.4) is 0 Å². The number of benzene rings is 1. The molecular weight excluding hydrogens is 368 g/mol. The van der Waals surface area contributed by atoms with Crippen molar-refractivity contribution < 1.29 is 39.1 Å². The number of ether oxygens (including phenoxy) is 3. The van der Waals surface area contributed by atoms with Gasteiger partial charge in [0.05, 0.1) is 47.6 Å². The van der Waals surface area contributed by atoms with E-state index in [1.54, 1.807) is 40.4 Å². The minimum absolute atomic E-state index is 0.0249. The number of Topliss-reactive ketones (excluding diaryl/α,β-unsaturated/α-hetero) is 2. The molecule has 3 N–H and O–H groups in total. The van der Waals surface area contributed by atoms with Gasteiger partial charge in [-0.15, -0.1) is 0 Å². The first kappa shape index (κ1) is 23.9. The maximum absolute atomic E-state index is 11.6. The normalized spacial score (nSPS) is 15.0. The summed E-state index contributed by atoms with van der Waals surface area (Å²) in [6.45, 7) is 1.06. The Morgan fingerprint density at radius 2 is 1.29 bits per heavy atom. The summed E-state index contributed by atoms with van der Waals surface area (Å²) in [5, 5.41) is 25.4. The number of ketones is 2. The third-order valence-corrected chi connectivity index (χ3v) is 4.66. The molecule has 0 unspecified atom stereocenters. The Morgan fingerprint density at radius 3 is 1.64 bits per heavy atom. The second-order valence-electron chi connectivity index (χ2n) is 7.09. The second kappa shape index (κ2) is 11.0. The Bertz CT molecular complexity index is 642. The first-order chi connectivity index (χ1) is 13.3. The third-order valence-electron chi connectivity index (χ3n) is 4.66. The largest absolute Gasteiger partial charge is 0.496 e. The topological polar surface area (TPSA) is 123 Å². The number of hydrogen-bond acceptors (Lipinski definition) is 8. The van der Waals surface area contributed by atoms with E-state index >= 15 is 0 Å². The number of carbonyl (C=O) groups excluding carboxylic acids is 2. The molecule has 1 aromatic rings. The Hall–Kier alpha value is -2.16. The lowest BCUT2D eigenvalue weighted by molar-refractivity contribution is -0.130. The summed E-state index contributed by atoms with van der Waals surface area (Å²) in [4.78, 5) is 23.2. The highest BCUT2D eigenvalue weighted by molar-refractivity contribution is 6.02. The van der Waals surface area contributed by atoms with Crippen LogP contribution in [-0.2, 0) is 9.59 Å². The number of rotatable bonds is 7. The zero-order valence-corrected chi connectivity index (χ0v) is 16.9. The summed E-state index contributed by atoms with van der Waals surface area (Å²) >= 11 is 0. The van der Waals surface area contributed by atoms with Crippen LogP contribution >= 0.6 is 0 Å². The number of aliphatic hydroxyl groups excluding tert-OH is 3. The van der Waals surface area contributed by atoms with Gasteiger partial charge in [-0.3, -0.25) is 9.59 Å². The summed E-state index contributed by atoms with van der Waals surface area (Å²) in [5.41, 5.74) is 0.103. The lowest BCUT2D eigenvalue weighted by atomic mass is 9.82. The fourth-order valence-corrected chi connectivity index (χ4v) is 2.73. The molecule has 0 heterocycles. The highest BCUT2D eigenvalue weighted by Crippen LogP contribution is 2.41. The molecule has 0 amide bonds. The van der Waals surface area contributed by atoms with Gasteiger partial charge in [0.25, 0.3) is 0 Å². The van der Waals surface area contributed by atoms with E-state index in [-0.39, 0.29) is 43.7 Å². The minimum atomic E-state index is -0.708. The van der Waals surface area contributed by atoms with Crippen LogP contribution in [0.2, 0.25) is 0 Å². The van der Waals surface area contributed by atoms with Crippen LogP contribution in [0.15, 0.2) is 12.1 Å². The first-order valence-corrected chi connectivity index (χ1v) is 8.93. The maximum Gasteiger partial charge on any atom is 0.164 e. The lowest BCUT2D eigenvalue weighted by Crippen LogP contribution is -2.29. The van der Waals surface area contributed by atoms with Crippen LogP contribution in [0, 0.1) is 5.41 Å². The molecule has 1 aliphatic carbocycles. The van der Waals surface area contributed by atoms with E-state index in [0.717, 1.165) is 5.56 Å². The highest BCUT2D eigenvalue weighted by Gasteiger charge is 2.29. The van der Waals surface area contributed by atoms with Crippen LogP contribution in [0.5, 0.6) is 17.2 Å². The van der Waals surface area contributed by atoms with Crippen molar-refractivity contribution in [2.75, 3.05) is 41.2 Å². The summed E-state index contributed by atoms with van der Waals surface area (Å²) in [7, 11) is 4.65. The van der Waals surface area contributed by atoms with Crippen molar-refractivity contribution in [3.8, 4) is 17.2 Å². The van der Waals surface area contributed by atoms with E-state index in [1.807, 2.05) is 0 Å². The molecule has 0 atom stereocenters. The number of carbonyl (C=O) groups is 2. The molecule has 1 aromatic carbocycles. The van der Waals surface area contributed by atoms with E-state index in [9.17, 15) is 9.59 Å². The zero-order valence-electron chi connectivity index (χ0n) is 16.9. The van der Waals surface area contributed by atoms with E-state index < -0.39 is 5.41 Å². The molecule has 0 spiro atoms. The molecule has 0 radical (unpaired) electrons. The molecule has 1 saturated carbocycles. The molecule has 8 nitrogen and oxygen atoms in total. The van der Waals surface area contributed by atoms with Gasteiger partial charge in [-0.2, -0.15) is 0 Å². The van der Waals surface area contributed by atoms with E-state index in [1.165, 1.54) is 0 Å². The molecule has 0 saturated heterocycles. The van der Waals surface area contributed by atoms with Crippen LogP contribution in [0.1, 0.15) is 37.7 Å². The monoisotopic (exact) mass is 398 g/mol. The molecule has 0 bridgehead atoms. The smallest absolute Gasteiger partial charge is 0.164 e. The van der Waals surface area contributed by atoms with Crippen molar-refractivity contribution in [3.05, 3.63) is 17.7 Å². The van der Waals surface area contributed by atoms with Crippen molar-refractivity contribution in [3.63, 3.8) is 0 Å². The average Bonchev–Trinajstić information content (AvgIpc) is 2.71. The zero-order chi connectivity index (χ0) is 21.3. The van der Waals surface area contributed by atoms with Gasteiger partial charge in [-0.05, 0) is 6.07 Å². The summed E-state index contributed by atoms with van der Waals surface area (Å²) in [6, 6.07) is 3.51. The van der Waals surface area contributed by atoms with Gasteiger partial charge in [-0.1, -0.05) is 6.92 Å². The standard InChI is InChI=1S/C15H18O5.C5H12O3/c1-18-13-8-15(20-3)14(19-2)7-12(13)9-4-10(16)6-11(17)5-9;1-5(2-6,3-7)4-8/h7-9H,4-6H2,1-3H3;6-8H,2-4H2,1H3. The molecule has 28 heavy (non-hydrogen) atoms.